The lowest BCUT2D eigenvalue weighted by molar-refractivity contribution is -0.158. The van der Waals surface area contributed by atoms with Gasteiger partial charge in [0.15, 0.2) is 0 Å². The van der Waals surface area contributed by atoms with E-state index < -0.39 is 45.4 Å². The Morgan fingerprint density at radius 1 is 1.35 bits per heavy atom. The first-order chi connectivity index (χ1) is 9.40. The van der Waals surface area contributed by atoms with Gasteiger partial charge in [-0.15, -0.1) is 0 Å². The van der Waals surface area contributed by atoms with Gasteiger partial charge in [0, 0.05) is 17.9 Å². The second-order valence-corrected chi connectivity index (χ2v) is 6.96. The fraction of sp³-hybridized carbons (Fsp3) is 0.667. The van der Waals surface area contributed by atoms with Gasteiger partial charge in [0.05, 0.1) is 13.0 Å². The fourth-order valence-electron chi connectivity index (χ4n) is 3.77. The summed E-state index contributed by atoms with van der Waals surface area (Å²) >= 11 is 0. The molecule has 2 bridgehead atoms. The monoisotopic (exact) mass is 302 g/mol. The zero-order valence-corrected chi connectivity index (χ0v) is 11.5. The van der Waals surface area contributed by atoms with Crippen LogP contribution in [0.15, 0.2) is 12.7 Å². The van der Waals surface area contributed by atoms with Gasteiger partial charge in [0.2, 0.25) is 0 Å². The van der Waals surface area contributed by atoms with Crippen molar-refractivity contribution < 1.29 is 31.7 Å². The number of esters is 2. The van der Waals surface area contributed by atoms with Crippen LogP contribution in [0.4, 0.5) is 0 Å². The number of rotatable bonds is 3. The molecule has 8 heteroatoms. The van der Waals surface area contributed by atoms with Crippen molar-refractivity contribution in [1.82, 2.24) is 0 Å². The molecule has 1 aliphatic heterocycles. The van der Waals surface area contributed by atoms with E-state index in [1.165, 1.54) is 7.11 Å². The summed E-state index contributed by atoms with van der Waals surface area (Å²) in [6.45, 7) is 3.30. The minimum absolute atomic E-state index is 0.322. The van der Waals surface area contributed by atoms with Crippen molar-refractivity contribution in [1.29, 1.82) is 0 Å². The highest BCUT2D eigenvalue weighted by molar-refractivity contribution is 7.87. The normalized spacial score (nSPS) is 43.2. The van der Waals surface area contributed by atoms with Crippen molar-refractivity contribution >= 4 is 22.1 Å². The van der Waals surface area contributed by atoms with Crippen LogP contribution in [0.3, 0.4) is 0 Å². The molecule has 20 heavy (non-hydrogen) atoms. The van der Waals surface area contributed by atoms with Gasteiger partial charge in [0.1, 0.15) is 17.5 Å². The third kappa shape index (κ3) is 1.64. The van der Waals surface area contributed by atoms with Crippen LogP contribution in [0.25, 0.3) is 0 Å². The zero-order chi connectivity index (χ0) is 14.7. The summed E-state index contributed by atoms with van der Waals surface area (Å²) in [5, 5.41) is -0.886. The number of hydrogen-bond acceptors (Lipinski definition) is 7. The average Bonchev–Trinajstić information content (AvgIpc) is 2.99. The molecule has 2 saturated carbocycles. The van der Waals surface area contributed by atoms with Gasteiger partial charge in [0.25, 0.3) is 10.1 Å². The fourth-order valence-corrected chi connectivity index (χ4v) is 5.83. The van der Waals surface area contributed by atoms with Gasteiger partial charge in [-0.3, -0.25) is 8.98 Å². The van der Waals surface area contributed by atoms with E-state index in [0.717, 1.165) is 6.08 Å². The van der Waals surface area contributed by atoms with E-state index in [1.54, 1.807) is 0 Å². The lowest BCUT2D eigenvalue weighted by atomic mass is 9.84. The van der Waals surface area contributed by atoms with Crippen molar-refractivity contribution in [3.8, 4) is 0 Å². The number of carbonyl (C=O) groups is 2. The molecule has 0 aromatic rings. The first-order valence-corrected chi connectivity index (χ1v) is 7.71. The predicted octanol–water partition coefficient (Wildman–Crippen LogP) is -0.380. The maximum atomic E-state index is 12.0. The van der Waals surface area contributed by atoms with Crippen LogP contribution in [-0.4, -0.2) is 44.9 Å². The van der Waals surface area contributed by atoms with Gasteiger partial charge < -0.3 is 9.47 Å². The third-order valence-corrected chi connectivity index (χ3v) is 6.22. The standard InChI is InChI=1S/C12H14O7S/c1-3-7(13)18-9-5-4-6-10(9)19-20(15,16)11(6)8(5)12(14)17-2/h3,5-6,8-11H,1,4H2,2H3. The molecule has 0 aromatic carbocycles. The molecule has 3 rings (SSSR count). The van der Waals surface area contributed by atoms with Gasteiger partial charge in [-0.05, 0) is 6.42 Å². The molecule has 1 saturated heterocycles. The maximum absolute atomic E-state index is 12.0. The second kappa shape index (κ2) is 4.29. The molecule has 6 atom stereocenters. The molecule has 110 valence electrons. The Labute approximate surface area is 116 Å². The molecule has 3 aliphatic rings. The molecule has 2 aliphatic carbocycles. The molecular weight excluding hydrogens is 288 g/mol. The van der Waals surface area contributed by atoms with Crippen LogP contribution >= 0.6 is 0 Å². The van der Waals surface area contributed by atoms with E-state index in [-0.39, 0.29) is 11.8 Å². The van der Waals surface area contributed by atoms with E-state index in [1.807, 2.05) is 0 Å². The number of ether oxygens (including phenoxy) is 2. The van der Waals surface area contributed by atoms with Crippen LogP contribution in [0, 0.1) is 17.8 Å². The quantitative estimate of drug-likeness (QED) is 0.398. The van der Waals surface area contributed by atoms with Gasteiger partial charge in [-0.1, -0.05) is 6.58 Å². The van der Waals surface area contributed by atoms with Crippen molar-refractivity contribution in [2.75, 3.05) is 7.11 Å². The zero-order valence-electron chi connectivity index (χ0n) is 10.7. The SMILES string of the molecule is C=CC(=O)OC1C2CC3C1OS(=O)(=O)C3C2C(=O)OC. The van der Waals surface area contributed by atoms with E-state index in [9.17, 15) is 18.0 Å². The van der Waals surface area contributed by atoms with Gasteiger partial charge in [-0.2, -0.15) is 8.42 Å². The lowest BCUT2D eigenvalue weighted by Crippen LogP contribution is -2.45. The predicted molar refractivity (Wildman–Crippen MR) is 64.8 cm³/mol. The minimum Gasteiger partial charge on any atom is -0.469 e. The summed E-state index contributed by atoms with van der Waals surface area (Å²) in [7, 11) is -2.62. The molecular formula is C12H14O7S. The first-order valence-electron chi connectivity index (χ1n) is 6.23. The first kappa shape index (κ1) is 13.6. The Kier molecular flexibility index (Phi) is 2.91. The Morgan fingerprint density at radius 3 is 2.65 bits per heavy atom. The summed E-state index contributed by atoms with van der Waals surface area (Å²) in [5.41, 5.74) is 0. The minimum atomic E-state index is -3.83. The Balaban J connectivity index is 1.97. The summed E-state index contributed by atoms with van der Waals surface area (Å²) in [5.74, 6) is -2.80. The van der Waals surface area contributed by atoms with Gasteiger partial charge in [-0.25, -0.2) is 4.79 Å². The number of fused-ring (bicyclic) bond motifs is 1. The molecule has 0 aromatic heterocycles. The molecule has 0 N–H and O–H groups in total. The van der Waals surface area contributed by atoms with Crippen LogP contribution in [0.1, 0.15) is 6.42 Å². The molecule has 3 fully saturated rings. The highest BCUT2D eigenvalue weighted by Gasteiger charge is 2.71. The van der Waals surface area contributed by atoms with Crippen molar-refractivity contribution in [3.63, 3.8) is 0 Å². The Hall–Kier alpha value is -1.41. The van der Waals surface area contributed by atoms with E-state index in [0.29, 0.717) is 6.42 Å². The maximum Gasteiger partial charge on any atom is 0.330 e. The van der Waals surface area contributed by atoms with Crippen molar-refractivity contribution in [2.24, 2.45) is 17.8 Å². The van der Waals surface area contributed by atoms with E-state index in [4.69, 9.17) is 13.7 Å². The summed E-state index contributed by atoms with van der Waals surface area (Å²) < 4.78 is 39.0. The van der Waals surface area contributed by atoms with Crippen molar-refractivity contribution in [2.45, 2.75) is 23.9 Å². The third-order valence-electron chi connectivity index (χ3n) is 4.42. The van der Waals surface area contributed by atoms with Crippen LogP contribution in [0.5, 0.6) is 0 Å². The lowest BCUT2D eigenvalue weighted by Gasteiger charge is -2.29. The smallest absolute Gasteiger partial charge is 0.330 e. The van der Waals surface area contributed by atoms with E-state index in [2.05, 4.69) is 6.58 Å². The summed E-state index contributed by atoms with van der Waals surface area (Å²) in [6.07, 6.45) is 0.0340. The largest absolute Gasteiger partial charge is 0.469 e. The van der Waals surface area contributed by atoms with Crippen LogP contribution in [-0.2, 0) is 33.4 Å². The number of methoxy groups -OCH3 is 1. The topological polar surface area (TPSA) is 96.0 Å². The number of carbonyl (C=O) groups excluding carboxylic acids is 2. The highest BCUT2D eigenvalue weighted by atomic mass is 32.2. The highest BCUT2D eigenvalue weighted by Crippen LogP contribution is 2.58. The molecule has 7 nitrogen and oxygen atoms in total. The molecule has 0 spiro atoms. The number of hydrogen-bond donors (Lipinski definition) is 0. The van der Waals surface area contributed by atoms with Crippen molar-refractivity contribution in [3.05, 3.63) is 12.7 Å². The molecule has 6 unspecified atom stereocenters. The van der Waals surface area contributed by atoms with Gasteiger partial charge >= 0.3 is 11.9 Å². The Bertz CT molecular complexity index is 581. The summed E-state index contributed by atoms with van der Waals surface area (Å²) in [6, 6.07) is 0. The molecule has 0 radical (unpaired) electrons. The van der Waals surface area contributed by atoms with E-state index >= 15 is 0 Å². The average molecular weight is 302 g/mol. The molecule has 0 amide bonds. The second-order valence-electron chi connectivity index (χ2n) is 5.24. The Morgan fingerprint density at radius 2 is 2.05 bits per heavy atom. The summed E-state index contributed by atoms with van der Waals surface area (Å²) in [4.78, 5) is 23.2. The van der Waals surface area contributed by atoms with Crippen LogP contribution < -0.4 is 0 Å². The molecule has 1 heterocycles. The van der Waals surface area contributed by atoms with Crippen LogP contribution in [0.2, 0.25) is 0 Å².